The predicted molar refractivity (Wildman–Crippen MR) is 63.7 cm³/mol. The molecular formula is C13H19NO. The molecule has 82 valence electrons. The van der Waals surface area contributed by atoms with Crippen LogP contribution in [0.15, 0.2) is 18.2 Å². The second-order valence-electron chi connectivity index (χ2n) is 4.55. The van der Waals surface area contributed by atoms with Gasteiger partial charge >= 0.3 is 0 Å². The second kappa shape index (κ2) is 4.13. The van der Waals surface area contributed by atoms with Gasteiger partial charge in [0.1, 0.15) is 5.75 Å². The van der Waals surface area contributed by atoms with Crippen LogP contribution in [0.3, 0.4) is 0 Å². The highest BCUT2D eigenvalue weighted by Crippen LogP contribution is 2.31. The highest BCUT2D eigenvalue weighted by molar-refractivity contribution is 5.59. The number of benzene rings is 1. The lowest BCUT2D eigenvalue weighted by atomic mass is 10.0. The topological polar surface area (TPSA) is 21.3 Å². The van der Waals surface area contributed by atoms with Gasteiger partial charge in [-0.15, -0.1) is 0 Å². The van der Waals surface area contributed by atoms with Gasteiger partial charge in [-0.1, -0.05) is 19.9 Å². The Kier molecular flexibility index (Phi) is 2.85. The molecule has 0 fully saturated rings. The lowest BCUT2D eigenvalue weighted by Gasteiger charge is -2.13. The fourth-order valence-corrected chi connectivity index (χ4v) is 1.83. The first-order valence-electron chi connectivity index (χ1n) is 5.71. The zero-order chi connectivity index (χ0) is 10.8. The minimum Gasteiger partial charge on any atom is -0.488 e. The smallest absolute Gasteiger partial charge is 0.142 e. The van der Waals surface area contributed by atoms with Gasteiger partial charge in [-0.05, 0) is 30.5 Å². The van der Waals surface area contributed by atoms with Gasteiger partial charge in [0.15, 0.2) is 0 Å². The molecule has 2 heteroatoms. The third kappa shape index (κ3) is 2.25. The molecule has 0 saturated carbocycles. The minimum atomic E-state index is 0.309. The molecule has 0 radical (unpaired) electrons. The Balaban J connectivity index is 2.31. The molecule has 0 aliphatic carbocycles. The van der Waals surface area contributed by atoms with E-state index in [2.05, 4.69) is 44.3 Å². The average molecular weight is 205 g/mol. The van der Waals surface area contributed by atoms with Crippen LogP contribution in [-0.4, -0.2) is 12.6 Å². The summed E-state index contributed by atoms with van der Waals surface area (Å²) in [5, 5.41) is 3.43. The number of anilines is 1. The van der Waals surface area contributed by atoms with Gasteiger partial charge in [-0.3, -0.25) is 0 Å². The molecule has 0 aromatic heterocycles. The number of hydrogen-bond donors (Lipinski definition) is 1. The molecule has 1 atom stereocenters. The van der Waals surface area contributed by atoms with Crippen LogP contribution in [0.25, 0.3) is 0 Å². The summed E-state index contributed by atoms with van der Waals surface area (Å²) in [5.41, 5.74) is 2.50. The van der Waals surface area contributed by atoms with Crippen molar-refractivity contribution in [1.29, 1.82) is 0 Å². The van der Waals surface area contributed by atoms with Gasteiger partial charge < -0.3 is 10.1 Å². The lowest BCUT2D eigenvalue weighted by Crippen LogP contribution is -2.11. The summed E-state index contributed by atoms with van der Waals surface area (Å²) in [6, 6.07) is 6.45. The molecule has 1 aromatic rings. The van der Waals surface area contributed by atoms with Crippen LogP contribution >= 0.6 is 0 Å². The first-order chi connectivity index (χ1) is 7.16. The van der Waals surface area contributed by atoms with Crippen molar-refractivity contribution in [2.24, 2.45) is 0 Å². The van der Waals surface area contributed by atoms with Gasteiger partial charge in [0.2, 0.25) is 0 Å². The van der Waals surface area contributed by atoms with Gasteiger partial charge in [0, 0.05) is 13.0 Å². The first-order valence-corrected chi connectivity index (χ1v) is 5.71. The molecule has 1 heterocycles. The predicted octanol–water partition coefficient (Wildman–Crippen LogP) is 3.39. The number of hydrogen-bond acceptors (Lipinski definition) is 2. The summed E-state index contributed by atoms with van der Waals surface area (Å²) < 4.78 is 5.83. The molecule has 1 unspecified atom stereocenters. The normalized spacial score (nSPS) is 20.1. The van der Waals surface area contributed by atoms with E-state index in [1.165, 1.54) is 5.56 Å². The fourth-order valence-electron chi connectivity index (χ4n) is 1.83. The minimum absolute atomic E-state index is 0.309. The average Bonchev–Trinajstić information content (AvgIpc) is 2.37. The molecule has 15 heavy (non-hydrogen) atoms. The van der Waals surface area contributed by atoms with Crippen molar-refractivity contribution >= 4 is 5.69 Å². The van der Waals surface area contributed by atoms with E-state index in [1.54, 1.807) is 0 Å². The van der Waals surface area contributed by atoms with Crippen molar-refractivity contribution in [2.45, 2.75) is 39.2 Å². The molecule has 2 nitrogen and oxygen atoms in total. The number of fused-ring (bicyclic) bond motifs is 1. The lowest BCUT2D eigenvalue weighted by molar-refractivity contribution is 0.221. The van der Waals surface area contributed by atoms with Crippen LogP contribution in [0.2, 0.25) is 0 Å². The Morgan fingerprint density at radius 1 is 1.40 bits per heavy atom. The molecule has 0 bridgehead atoms. The molecule has 0 spiro atoms. The van der Waals surface area contributed by atoms with Crippen LogP contribution in [0.5, 0.6) is 5.75 Å². The van der Waals surface area contributed by atoms with E-state index in [-0.39, 0.29) is 0 Å². The van der Waals surface area contributed by atoms with Gasteiger partial charge in [-0.25, -0.2) is 0 Å². The van der Waals surface area contributed by atoms with Crippen LogP contribution in [0.4, 0.5) is 5.69 Å². The van der Waals surface area contributed by atoms with E-state index in [1.807, 2.05) is 0 Å². The maximum atomic E-state index is 5.83. The van der Waals surface area contributed by atoms with Crippen molar-refractivity contribution in [3.63, 3.8) is 0 Å². The fraction of sp³-hybridized carbons (Fsp3) is 0.538. The Bertz CT molecular complexity index is 346. The summed E-state index contributed by atoms with van der Waals surface area (Å²) >= 11 is 0. The van der Waals surface area contributed by atoms with Crippen LogP contribution < -0.4 is 10.1 Å². The SMILES string of the molecule is CC1CCNc2cc(C(C)C)ccc2O1. The number of ether oxygens (including phenoxy) is 1. The molecule has 2 rings (SSSR count). The van der Waals surface area contributed by atoms with Gasteiger partial charge in [0.25, 0.3) is 0 Å². The molecule has 1 aliphatic heterocycles. The summed E-state index contributed by atoms with van der Waals surface area (Å²) in [5.74, 6) is 1.56. The monoisotopic (exact) mass is 205 g/mol. The van der Waals surface area contributed by atoms with E-state index < -0.39 is 0 Å². The molecule has 0 amide bonds. The maximum absolute atomic E-state index is 5.83. The van der Waals surface area contributed by atoms with Crippen molar-refractivity contribution in [3.05, 3.63) is 23.8 Å². The van der Waals surface area contributed by atoms with E-state index in [0.29, 0.717) is 12.0 Å². The summed E-state index contributed by atoms with van der Waals surface area (Å²) in [4.78, 5) is 0. The Hall–Kier alpha value is -1.18. The van der Waals surface area contributed by atoms with Crippen LogP contribution in [0.1, 0.15) is 38.7 Å². The molecule has 1 aromatic carbocycles. The molecule has 1 aliphatic rings. The molecule has 1 N–H and O–H groups in total. The zero-order valence-corrected chi connectivity index (χ0v) is 9.71. The van der Waals surface area contributed by atoms with Crippen LogP contribution in [0, 0.1) is 0 Å². The highest BCUT2D eigenvalue weighted by atomic mass is 16.5. The van der Waals surface area contributed by atoms with Crippen LogP contribution in [-0.2, 0) is 0 Å². The highest BCUT2D eigenvalue weighted by Gasteiger charge is 2.14. The Labute approximate surface area is 91.6 Å². The van der Waals surface area contributed by atoms with E-state index in [4.69, 9.17) is 4.74 Å². The van der Waals surface area contributed by atoms with E-state index in [9.17, 15) is 0 Å². The van der Waals surface area contributed by atoms with E-state index >= 15 is 0 Å². The maximum Gasteiger partial charge on any atom is 0.142 e. The standard InChI is InChI=1S/C13H19NO/c1-9(2)11-4-5-13-12(8-11)14-7-6-10(3)15-13/h4-5,8-10,14H,6-7H2,1-3H3. The van der Waals surface area contributed by atoms with Gasteiger partial charge in [-0.2, -0.15) is 0 Å². The number of rotatable bonds is 1. The summed E-state index contributed by atoms with van der Waals surface area (Å²) in [7, 11) is 0. The third-order valence-corrected chi connectivity index (χ3v) is 2.86. The Morgan fingerprint density at radius 3 is 2.93 bits per heavy atom. The van der Waals surface area contributed by atoms with Crippen molar-refractivity contribution < 1.29 is 4.74 Å². The van der Waals surface area contributed by atoms with Gasteiger partial charge in [0.05, 0.1) is 11.8 Å². The van der Waals surface area contributed by atoms with E-state index in [0.717, 1.165) is 24.4 Å². The largest absolute Gasteiger partial charge is 0.488 e. The van der Waals surface area contributed by atoms with Crippen molar-refractivity contribution in [3.8, 4) is 5.75 Å². The summed E-state index contributed by atoms with van der Waals surface area (Å²) in [6.45, 7) is 7.53. The molecular weight excluding hydrogens is 186 g/mol. The summed E-state index contributed by atoms with van der Waals surface area (Å²) in [6.07, 6.45) is 1.37. The number of nitrogens with one attached hydrogen (secondary N) is 1. The second-order valence-corrected chi connectivity index (χ2v) is 4.55. The molecule has 0 saturated heterocycles. The Morgan fingerprint density at radius 2 is 2.20 bits per heavy atom. The third-order valence-electron chi connectivity index (χ3n) is 2.86. The van der Waals surface area contributed by atoms with Crippen molar-refractivity contribution in [2.75, 3.05) is 11.9 Å². The quantitative estimate of drug-likeness (QED) is 0.758. The first kappa shape index (κ1) is 10.3. The zero-order valence-electron chi connectivity index (χ0n) is 9.71. The van der Waals surface area contributed by atoms with Crippen molar-refractivity contribution in [1.82, 2.24) is 0 Å².